The second-order valence-electron chi connectivity index (χ2n) is 6.99. The molecule has 138 valence electrons. The van der Waals surface area contributed by atoms with Gasteiger partial charge >= 0.3 is 0 Å². The van der Waals surface area contributed by atoms with Crippen molar-refractivity contribution in [3.05, 3.63) is 40.4 Å². The molecule has 0 amide bonds. The van der Waals surface area contributed by atoms with Crippen LogP contribution in [0.25, 0.3) is 21.7 Å². The molecule has 2 aromatic heterocycles. The molecular formula is C20H25N3O3. The molecule has 3 rings (SSSR count). The molecule has 0 radical (unpaired) electrons. The van der Waals surface area contributed by atoms with Crippen molar-refractivity contribution in [2.24, 2.45) is 11.7 Å². The van der Waals surface area contributed by atoms with Gasteiger partial charge in [-0.15, -0.1) is 0 Å². The van der Waals surface area contributed by atoms with Crippen LogP contribution in [0.15, 0.2) is 29.2 Å². The van der Waals surface area contributed by atoms with Crippen LogP contribution in [0, 0.1) is 12.8 Å². The van der Waals surface area contributed by atoms with Crippen LogP contribution in [-0.2, 0) is 0 Å². The number of hydrogen-bond donors (Lipinski definition) is 2. The molecule has 26 heavy (non-hydrogen) atoms. The molecule has 0 bridgehead atoms. The average Bonchev–Trinajstić information content (AvgIpc) is 2.58. The largest absolute Gasteiger partial charge is 0.491 e. The molecule has 0 fully saturated rings. The summed E-state index contributed by atoms with van der Waals surface area (Å²) in [7, 11) is 1.57. The molecule has 0 unspecified atom stereocenters. The third kappa shape index (κ3) is 3.37. The van der Waals surface area contributed by atoms with Crippen LogP contribution in [0.4, 0.5) is 0 Å². The van der Waals surface area contributed by atoms with Crippen LogP contribution >= 0.6 is 0 Å². The fraction of sp³-hybridized carbons (Fsp3) is 0.400. The van der Waals surface area contributed by atoms with E-state index < -0.39 is 0 Å². The number of ether oxygens (including phenoxy) is 2. The normalized spacial score (nSPS) is 12.7. The first-order valence-corrected chi connectivity index (χ1v) is 8.79. The number of aromatic nitrogens is 2. The number of aromatic amines is 1. The molecule has 0 saturated carbocycles. The Hall–Kier alpha value is -2.60. The number of benzene rings is 1. The smallest absolute Gasteiger partial charge is 0.258 e. The number of hydrogen-bond acceptors (Lipinski definition) is 5. The SMILES string of the molecule is COc1c(OC[C@@H](N)CC(C)C)ccc2c1[nH]c(=O)c1c(C)nccc12. The molecule has 2 heterocycles. The predicted octanol–water partition coefficient (Wildman–Crippen LogP) is 3.15. The lowest BCUT2D eigenvalue weighted by atomic mass is 10.0. The summed E-state index contributed by atoms with van der Waals surface area (Å²) in [5.74, 6) is 1.58. The van der Waals surface area contributed by atoms with E-state index in [1.54, 1.807) is 13.3 Å². The van der Waals surface area contributed by atoms with E-state index in [4.69, 9.17) is 15.2 Å². The molecule has 3 aromatic rings. The lowest BCUT2D eigenvalue weighted by Crippen LogP contribution is -2.29. The maximum absolute atomic E-state index is 12.6. The van der Waals surface area contributed by atoms with Crippen molar-refractivity contribution in [3.8, 4) is 11.5 Å². The van der Waals surface area contributed by atoms with Gasteiger partial charge < -0.3 is 20.2 Å². The number of nitrogens with zero attached hydrogens (tertiary/aromatic N) is 1. The van der Waals surface area contributed by atoms with Gasteiger partial charge in [-0.05, 0) is 42.8 Å². The summed E-state index contributed by atoms with van der Waals surface area (Å²) in [5.41, 5.74) is 7.24. The number of H-pyrrole nitrogens is 1. The van der Waals surface area contributed by atoms with Crippen molar-refractivity contribution in [1.82, 2.24) is 9.97 Å². The number of fused-ring (bicyclic) bond motifs is 3. The number of nitrogens with two attached hydrogens (primary N) is 1. The summed E-state index contributed by atoms with van der Waals surface area (Å²) >= 11 is 0. The predicted molar refractivity (Wildman–Crippen MR) is 104 cm³/mol. The zero-order chi connectivity index (χ0) is 18.8. The minimum atomic E-state index is -0.190. The van der Waals surface area contributed by atoms with Crippen LogP contribution in [0.2, 0.25) is 0 Å². The van der Waals surface area contributed by atoms with Gasteiger partial charge in [-0.2, -0.15) is 0 Å². The Morgan fingerprint density at radius 1 is 1.23 bits per heavy atom. The molecular weight excluding hydrogens is 330 g/mol. The Kier molecular flexibility index (Phi) is 5.13. The lowest BCUT2D eigenvalue weighted by molar-refractivity contribution is 0.259. The molecule has 6 heteroatoms. The molecule has 1 aromatic carbocycles. The van der Waals surface area contributed by atoms with E-state index in [2.05, 4.69) is 23.8 Å². The molecule has 0 saturated heterocycles. The maximum atomic E-state index is 12.6. The van der Waals surface area contributed by atoms with Gasteiger partial charge in [0.25, 0.3) is 5.56 Å². The fourth-order valence-electron chi connectivity index (χ4n) is 3.35. The van der Waals surface area contributed by atoms with Crippen molar-refractivity contribution in [2.45, 2.75) is 33.2 Å². The van der Waals surface area contributed by atoms with Gasteiger partial charge in [0, 0.05) is 17.6 Å². The standard InChI is InChI=1S/C20H25N3O3/c1-11(2)9-13(21)10-26-16-6-5-15-14-7-8-22-12(3)17(14)20(24)23-18(15)19(16)25-4/h5-8,11,13H,9-10,21H2,1-4H3,(H,23,24)/t13-/m0/s1. The first-order valence-electron chi connectivity index (χ1n) is 8.79. The first kappa shape index (κ1) is 18.2. The zero-order valence-corrected chi connectivity index (χ0v) is 15.6. The second kappa shape index (κ2) is 7.33. The third-order valence-electron chi connectivity index (χ3n) is 4.45. The van der Waals surface area contributed by atoms with Crippen LogP contribution in [0.3, 0.4) is 0 Å². The van der Waals surface area contributed by atoms with Gasteiger partial charge in [0.1, 0.15) is 6.61 Å². The Labute approximate surface area is 152 Å². The van der Waals surface area contributed by atoms with Crippen molar-refractivity contribution in [3.63, 3.8) is 0 Å². The summed E-state index contributed by atoms with van der Waals surface area (Å²) in [6.07, 6.45) is 2.59. The number of pyridine rings is 2. The van der Waals surface area contributed by atoms with Gasteiger partial charge in [-0.3, -0.25) is 9.78 Å². The molecule has 0 aliphatic heterocycles. The van der Waals surface area contributed by atoms with Crippen LogP contribution in [0.1, 0.15) is 26.0 Å². The Morgan fingerprint density at radius 3 is 2.69 bits per heavy atom. The summed E-state index contributed by atoms with van der Waals surface area (Å²) in [6, 6.07) is 5.58. The highest BCUT2D eigenvalue weighted by atomic mass is 16.5. The quantitative estimate of drug-likeness (QED) is 0.663. The van der Waals surface area contributed by atoms with Gasteiger partial charge in [0.15, 0.2) is 11.5 Å². The Bertz CT molecular complexity index is 995. The Balaban J connectivity index is 2.08. The molecule has 1 atom stereocenters. The third-order valence-corrected chi connectivity index (χ3v) is 4.45. The van der Waals surface area contributed by atoms with E-state index in [-0.39, 0.29) is 11.6 Å². The maximum Gasteiger partial charge on any atom is 0.258 e. The Morgan fingerprint density at radius 2 is 2.00 bits per heavy atom. The zero-order valence-electron chi connectivity index (χ0n) is 15.6. The lowest BCUT2D eigenvalue weighted by Gasteiger charge is -2.18. The summed E-state index contributed by atoms with van der Waals surface area (Å²) in [4.78, 5) is 19.7. The first-order chi connectivity index (χ1) is 12.4. The monoisotopic (exact) mass is 355 g/mol. The van der Waals surface area contributed by atoms with Crippen molar-refractivity contribution >= 4 is 21.7 Å². The van der Waals surface area contributed by atoms with Gasteiger partial charge in [0.2, 0.25) is 0 Å². The topological polar surface area (TPSA) is 90.2 Å². The number of aryl methyl sites for hydroxylation is 1. The van der Waals surface area contributed by atoms with E-state index in [9.17, 15) is 4.79 Å². The van der Waals surface area contributed by atoms with Gasteiger partial charge in [0.05, 0.1) is 23.7 Å². The van der Waals surface area contributed by atoms with Crippen molar-refractivity contribution < 1.29 is 9.47 Å². The second-order valence-corrected chi connectivity index (χ2v) is 6.99. The van der Waals surface area contributed by atoms with E-state index >= 15 is 0 Å². The highest BCUT2D eigenvalue weighted by molar-refractivity contribution is 6.08. The summed E-state index contributed by atoms with van der Waals surface area (Å²) in [6.45, 7) is 6.47. The number of methoxy groups -OCH3 is 1. The average molecular weight is 355 g/mol. The van der Waals surface area contributed by atoms with Crippen LogP contribution in [0.5, 0.6) is 11.5 Å². The summed E-state index contributed by atoms with van der Waals surface area (Å²) in [5, 5.41) is 2.33. The number of nitrogens with one attached hydrogen (secondary N) is 1. The van der Waals surface area contributed by atoms with E-state index in [0.29, 0.717) is 40.6 Å². The van der Waals surface area contributed by atoms with Crippen molar-refractivity contribution in [1.29, 1.82) is 0 Å². The summed E-state index contributed by atoms with van der Waals surface area (Å²) < 4.78 is 11.4. The molecule has 3 N–H and O–H groups in total. The minimum absolute atomic E-state index is 0.0558. The molecule has 0 aliphatic rings. The van der Waals surface area contributed by atoms with Gasteiger partial charge in [-0.25, -0.2) is 0 Å². The van der Waals surface area contributed by atoms with Crippen LogP contribution < -0.4 is 20.8 Å². The molecule has 6 nitrogen and oxygen atoms in total. The van der Waals surface area contributed by atoms with E-state index in [1.165, 1.54) is 0 Å². The van der Waals surface area contributed by atoms with Crippen molar-refractivity contribution in [2.75, 3.05) is 13.7 Å². The minimum Gasteiger partial charge on any atom is -0.491 e. The highest BCUT2D eigenvalue weighted by Gasteiger charge is 2.16. The molecule has 0 spiro atoms. The number of rotatable bonds is 6. The highest BCUT2D eigenvalue weighted by Crippen LogP contribution is 2.36. The van der Waals surface area contributed by atoms with Gasteiger partial charge in [-0.1, -0.05) is 13.8 Å². The van der Waals surface area contributed by atoms with E-state index in [0.717, 1.165) is 17.2 Å². The fourth-order valence-corrected chi connectivity index (χ4v) is 3.35. The van der Waals surface area contributed by atoms with E-state index in [1.807, 2.05) is 25.1 Å². The van der Waals surface area contributed by atoms with Crippen LogP contribution in [-0.4, -0.2) is 29.7 Å². The molecule has 0 aliphatic carbocycles.